The van der Waals surface area contributed by atoms with Gasteiger partial charge in [0.25, 0.3) is 11.5 Å². The average Bonchev–Trinajstić information content (AvgIpc) is 2.82. The molecule has 1 N–H and O–H groups in total. The highest BCUT2D eigenvalue weighted by Crippen LogP contribution is 2.36. The number of fused-ring (bicyclic) bond motifs is 4. The summed E-state index contributed by atoms with van der Waals surface area (Å²) in [6.07, 6.45) is 1.04. The molecule has 1 saturated heterocycles. The van der Waals surface area contributed by atoms with Crippen molar-refractivity contribution in [2.24, 2.45) is 5.92 Å². The first-order valence-corrected chi connectivity index (χ1v) is 11.0. The van der Waals surface area contributed by atoms with Crippen LogP contribution in [0.2, 0.25) is 0 Å². The number of benzene rings is 2. The third-order valence-electron chi connectivity index (χ3n) is 6.52. The summed E-state index contributed by atoms with van der Waals surface area (Å²) in [6.45, 7) is 3.09. The molecule has 0 saturated carbocycles. The number of hydrogen-bond acceptors (Lipinski definition) is 4. The predicted molar refractivity (Wildman–Crippen MR) is 122 cm³/mol. The lowest BCUT2D eigenvalue weighted by Crippen LogP contribution is -2.47. The van der Waals surface area contributed by atoms with Crippen LogP contribution in [0.1, 0.15) is 39.5 Å². The zero-order valence-electron chi connectivity index (χ0n) is 18.0. The van der Waals surface area contributed by atoms with Crippen LogP contribution in [-0.2, 0) is 13.1 Å². The van der Waals surface area contributed by atoms with Gasteiger partial charge in [-0.3, -0.25) is 14.5 Å². The number of aromatic nitrogens is 1. The number of carbonyl (C=O) groups is 1. The predicted octanol–water partition coefficient (Wildman–Crippen LogP) is 3.73. The van der Waals surface area contributed by atoms with Gasteiger partial charge in [0, 0.05) is 43.4 Å². The lowest BCUT2D eigenvalue weighted by molar-refractivity contribution is 0.102. The summed E-state index contributed by atoms with van der Waals surface area (Å²) in [5.74, 6) is -0.0175. The second kappa shape index (κ2) is 8.64. The third kappa shape index (κ3) is 4.30. The van der Waals surface area contributed by atoms with Gasteiger partial charge in [-0.25, -0.2) is 4.39 Å². The Labute approximate surface area is 190 Å². The molecule has 0 spiro atoms. The number of nitriles is 1. The Balaban J connectivity index is 1.33. The third-order valence-corrected chi connectivity index (χ3v) is 6.52. The Morgan fingerprint density at radius 2 is 1.79 bits per heavy atom. The molecule has 5 rings (SSSR count). The maximum Gasteiger partial charge on any atom is 0.274 e. The number of carbonyl (C=O) groups excluding carboxylic acids is 1. The highest BCUT2D eigenvalue weighted by molar-refractivity contribution is 6.04. The maximum atomic E-state index is 13.2. The van der Waals surface area contributed by atoms with Gasteiger partial charge in [0.2, 0.25) is 0 Å². The molecule has 0 unspecified atom stereocenters. The molecule has 1 aromatic heterocycles. The minimum atomic E-state index is -0.376. The van der Waals surface area contributed by atoms with Crippen LogP contribution in [0.25, 0.3) is 0 Å². The van der Waals surface area contributed by atoms with Crippen molar-refractivity contribution in [3.8, 4) is 6.07 Å². The summed E-state index contributed by atoms with van der Waals surface area (Å²) in [5.41, 5.74) is 3.02. The topological polar surface area (TPSA) is 78.1 Å². The van der Waals surface area contributed by atoms with Gasteiger partial charge in [-0.15, -0.1) is 0 Å². The highest BCUT2D eigenvalue weighted by Gasteiger charge is 2.35. The van der Waals surface area contributed by atoms with Gasteiger partial charge in [0.1, 0.15) is 11.5 Å². The van der Waals surface area contributed by atoms with E-state index in [1.54, 1.807) is 30.3 Å². The van der Waals surface area contributed by atoms with Gasteiger partial charge in [-0.05, 0) is 66.4 Å². The van der Waals surface area contributed by atoms with Gasteiger partial charge in [0.15, 0.2) is 0 Å². The standard InChI is InChI=1S/C26H23FN4O2/c27-22-7-3-18(4-8-22)13-30-14-19-11-21(16-30)24-10-9-23(26(33)31(24)15-19)29-25(32)20-5-1-17(12-28)2-6-20/h1-10,19,21H,11,13-16H2,(H,29,32)/t19-,21-/m1/s1. The van der Waals surface area contributed by atoms with Crippen LogP contribution in [0.15, 0.2) is 65.5 Å². The van der Waals surface area contributed by atoms with Crippen LogP contribution in [0.4, 0.5) is 10.1 Å². The van der Waals surface area contributed by atoms with E-state index < -0.39 is 0 Å². The number of halogens is 1. The molecule has 2 atom stereocenters. The van der Waals surface area contributed by atoms with Crippen molar-refractivity contribution in [1.29, 1.82) is 5.26 Å². The molecule has 2 aromatic carbocycles. The Morgan fingerprint density at radius 1 is 1.03 bits per heavy atom. The molecule has 2 aliphatic heterocycles. The molecule has 3 heterocycles. The first kappa shape index (κ1) is 21.1. The summed E-state index contributed by atoms with van der Waals surface area (Å²) >= 11 is 0. The summed E-state index contributed by atoms with van der Waals surface area (Å²) in [5, 5.41) is 11.6. The molecule has 0 radical (unpaired) electrons. The van der Waals surface area contributed by atoms with Crippen LogP contribution in [0.5, 0.6) is 0 Å². The lowest BCUT2D eigenvalue weighted by atomic mass is 9.83. The Kier molecular flexibility index (Phi) is 5.53. The molecule has 6 nitrogen and oxygen atoms in total. The quantitative estimate of drug-likeness (QED) is 0.668. The van der Waals surface area contributed by atoms with Gasteiger partial charge >= 0.3 is 0 Å². The summed E-state index contributed by atoms with van der Waals surface area (Å²) < 4.78 is 15.0. The molecule has 1 amide bonds. The number of anilines is 1. The minimum absolute atomic E-state index is 0.184. The Hall–Kier alpha value is -3.76. The van der Waals surface area contributed by atoms with Crippen molar-refractivity contribution in [3.05, 3.63) is 99.2 Å². The summed E-state index contributed by atoms with van der Waals surface area (Å²) in [7, 11) is 0. The maximum absolute atomic E-state index is 13.2. The van der Waals surface area contributed by atoms with Crippen molar-refractivity contribution >= 4 is 11.6 Å². The second-order valence-corrected chi connectivity index (χ2v) is 8.85. The number of likely N-dealkylation sites (tertiary alicyclic amines) is 1. The number of amides is 1. The van der Waals surface area contributed by atoms with Crippen molar-refractivity contribution in [1.82, 2.24) is 9.47 Å². The molecule has 33 heavy (non-hydrogen) atoms. The first-order chi connectivity index (χ1) is 16.0. The van der Waals surface area contributed by atoms with Gasteiger partial charge in [-0.1, -0.05) is 12.1 Å². The smallest absolute Gasteiger partial charge is 0.274 e. The normalized spacial score (nSPS) is 19.4. The van der Waals surface area contributed by atoms with Crippen LogP contribution in [0, 0.1) is 23.1 Å². The Morgan fingerprint density at radius 3 is 2.52 bits per heavy atom. The molecule has 2 aliphatic rings. The van der Waals surface area contributed by atoms with Gasteiger partial charge in [0.05, 0.1) is 11.6 Å². The van der Waals surface area contributed by atoms with E-state index in [4.69, 9.17) is 5.26 Å². The van der Waals surface area contributed by atoms with Crippen molar-refractivity contribution in [2.75, 3.05) is 18.4 Å². The number of pyridine rings is 1. The van der Waals surface area contributed by atoms with E-state index in [-0.39, 0.29) is 28.9 Å². The van der Waals surface area contributed by atoms with Crippen LogP contribution >= 0.6 is 0 Å². The molecular formula is C26H23FN4O2. The number of rotatable bonds is 4. The van der Waals surface area contributed by atoms with Crippen LogP contribution < -0.4 is 10.9 Å². The average molecular weight is 442 g/mol. The Bertz CT molecular complexity index is 1290. The lowest BCUT2D eigenvalue weighted by Gasteiger charge is -2.43. The van der Waals surface area contributed by atoms with Crippen molar-refractivity contribution in [2.45, 2.75) is 25.4 Å². The van der Waals surface area contributed by atoms with Crippen LogP contribution in [0.3, 0.4) is 0 Å². The number of piperidine rings is 1. The molecule has 166 valence electrons. The fourth-order valence-corrected chi connectivity index (χ4v) is 5.01. The van der Waals surface area contributed by atoms with Crippen LogP contribution in [-0.4, -0.2) is 28.5 Å². The van der Waals surface area contributed by atoms with E-state index in [9.17, 15) is 14.0 Å². The number of nitrogens with one attached hydrogen (secondary N) is 1. The minimum Gasteiger partial charge on any atom is -0.317 e. The van der Waals surface area contributed by atoms with Crippen molar-refractivity contribution < 1.29 is 9.18 Å². The number of nitrogens with zero attached hydrogens (tertiary/aromatic N) is 3. The van der Waals surface area contributed by atoms with Crippen molar-refractivity contribution in [3.63, 3.8) is 0 Å². The number of hydrogen-bond donors (Lipinski definition) is 1. The van der Waals surface area contributed by atoms with E-state index >= 15 is 0 Å². The fraction of sp³-hybridized carbons (Fsp3) is 0.269. The van der Waals surface area contributed by atoms with E-state index in [1.807, 2.05) is 28.8 Å². The van der Waals surface area contributed by atoms with E-state index in [0.717, 1.165) is 37.3 Å². The van der Waals surface area contributed by atoms with E-state index in [0.29, 0.717) is 23.6 Å². The van der Waals surface area contributed by atoms with Gasteiger partial charge < -0.3 is 9.88 Å². The van der Waals surface area contributed by atoms with E-state index in [1.165, 1.54) is 12.1 Å². The largest absolute Gasteiger partial charge is 0.317 e. The molecule has 3 aromatic rings. The molecule has 7 heteroatoms. The zero-order chi connectivity index (χ0) is 22.9. The van der Waals surface area contributed by atoms with E-state index in [2.05, 4.69) is 10.2 Å². The van der Waals surface area contributed by atoms with Gasteiger partial charge in [-0.2, -0.15) is 5.26 Å². The molecule has 2 bridgehead atoms. The monoisotopic (exact) mass is 442 g/mol. The molecule has 1 fully saturated rings. The first-order valence-electron chi connectivity index (χ1n) is 11.0. The highest BCUT2D eigenvalue weighted by atomic mass is 19.1. The zero-order valence-corrected chi connectivity index (χ0v) is 18.0. The fourth-order valence-electron chi connectivity index (χ4n) is 5.01. The second-order valence-electron chi connectivity index (χ2n) is 8.85. The molecular weight excluding hydrogens is 419 g/mol. The summed E-state index contributed by atoms with van der Waals surface area (Å²) in [6, 6.07) is 18.6. The summed E-state index contributed by atoms with van der Waals surface area (Å²) in [4.78, 5) is 28.1. The SMILES string of the molecule is N#Cc1ccc(C(=O)Nc2ccc3n(c2=O)C[C@@H]2C[C@@H]3CN(Cc3ccc(F)cc3)C2)cc1. The molecule has 0 aliphatic carbocycles.